The van der Waals surface area contributed by atoms with Crippen molar-refractivity contribution in [2.24, 2.45) is 0 Å². The zero-order chi connectivity index (χ0) is 11.4. The van der Waals surface area contributed by atoms with Gasteiger partial charge in [-0.05, 0) is 39.9 Å². The summed E-state index contributed by atoms with van der Waals surface area (Å²) < 4.78 is 1.97. The Morgan fingerprint density at radius 3 is 2.94 bits per heavy atom. The van der Waals surface area contributed by atoms with Crippen molar-refractivity contribution >= 4 is 0 Å². The van der Waals surface area contributed by atoms with Gasteiger partial charge in [0.25, 0.3) is 0 Å². The van der Waals surface area contributed by atoms with Crippen LogP contribution >= 0.6 is 0 Å². The van der Waals surface area contributed by atoms with E-state index < -0.39 is 0 Å². The first-order chi connectivity index (χ1) is 7.81. The molecular weight excluding hydrogens is 202 g/mol. The molecule has 0 aliphatic carbocycles. The summed E-state index contributed by atoms with van der Waals surface area (Å²) in [6.07, 6.45) is 4.11. The minimum atomic E-state index is 0.684. The zero-order valence-electron chi connectivity index (χ0n) is 10.2. The highest BCUT2D eigenvalue weighted by Gasteiger charge is 2.19. The van der Waals surface area contributed by atoms with E-state index in [0.717, 1.165) is 32.0 Å². The quantitative estimate of drug-likeness (QED) is 0.806. The van der Waals surface area contributed by atoms with E-state index in [1.807, 2.05) is 4.68 Å². The molecule has 0 radical (unpaired) electrons. The van der Waals surface area contributed by atoms with Crippen LogP contribution in [0.1, 0.15) is 25.6 Å². The van der Waals surface area contributed by atoms with Gasteiger partial charge in [0, 0.05) is 12.6 Å². The standard InChI is InChI=1S/C11H21N5/c1-3-16-11(13-9-14-16)8-15(2)10-4-6-12-7-5-10/h9-10,12H,3-8H2,1-2H3. The summed E-state index contributed by atoms with van der Waals surface area (Å²) in [6.45, 7) is 6.17. The second kappa shape index (κ2) is 5.41. The molecule has 5 nitrogen and oxygen atoms in total. The van der Waals surface area contributed by atoms with Crippen LogP contribution in [0.2, 0.25) is 0 Å². The van der Waals surface area contributed by atoms with E-state index in [9.17, 15) is 0 Å². The second-order valence-corrected chi connectivity index (χ2v) is 4.39. The molecule has 1 aliphatic heterocycles. The Bertz CT molecular complexity index is 316. The Kier molecular flexibility index (Phi) is 3.90. The summed E-state index contributed by atoms with van der Waals surface area (Å²) >= 11 is 0. The highest BCUT2D eigenvalue weighted by molar-refractivity contribution is 4.86. The molecule has 0 spiro atoms. The summed E-state index contributed by atoms with van der Waals surface area (Å²) in [6, 6.07) is 0.684. The van der Waals surface area contributed by atoms with Crippen molar-refractivity contribution in [3.8, 4) is 0 Å². The van der Waals surface area contributed by atoms with Crippen LogP contribution in [0.4, 0.5) is 0 Å². The first kappa shape index (κ1) is 11.5. The number of hydrogen-bond acceptors (Lipinski definition) is 4. The normalized spacial score (nSPS) is 18.2. The number of rotatable bonds is 4. The van der Waals surface area contributed by atoms with Gasteiger partial charge in [0.05, 0.1) is 6.54 Å². The highest BCUT2D eigenvalue weighted by Crippen LogP contribution is 2.12. The van der Waals surface area contributed by atoms with E-state index in [0.29, 0.717) is 6.04 Å². The lowest BCUT2D eigenvalue weighted by Crippen LogP contribution is -2.41. The molecule has 1 aromatic heterocycles. The van der Waals surface area contributed by atoms with Crippen molar-refractivity contribution in [1.82, 2.24) is 25.0 Å². The van der Waals surface area contributed by atoms with Crippen molar-refractivity contribution in [1.29, 1.82) is 0 Å². The van der Waals surface area contributed by atoms with Gasteiger partial charge in [0.2, 0.25) is 0 Å². The Morgan fingerprint density at radius 1 is 1.50 bits per heavy atom. The average Bonchev–Trinajstić information content (AvgIpc) is 2.77. The van der Waals surface area contributed by atoms with Gasteiger partial charge >= 0.3 is 0 Å². The fourth-order valence-corrected chi connectivity index (χ4v) is 2.27. The monoisotopic (exact) mass is 223 g/mol. The second-order valence-electron chi connectivity index (χ2n) is 4.39. The van der Waals surface area contributed by atoms with Gasteiger partial charge in [-0.25, -0.2) is 9.67 Å². The van der Waals surface area contributed by atoms with Gasteiger partial charge in [-0.3, -0.25) is 4.90 Å². The lowest BCUT2D eigenvalue weighted by Gasteiger charge is -2.31. The van der Waals surface area contributed by atoms with Crippen LogP contribution in [0.3, 0.4) is 0 Å². The molecular formula is C11H21N5. The molecule has 1 aliphatic rings. The van der Waals surface area contributed by atoms with E-state index in [-0.39, 0.29) is 0 Å². The fraction of sp³-hybridized carbons (Fsp3) is 0.818. The van der Waals surface area contributed by atoms with Crippen LogP contribution in [0, 0.1) is 0 Å². The third-order valence-corrected chi connectivity index (χ3v) is 3.32. The maximum Gasteiger partial charge on any atom is 0.140 e. The summed E-state index contributed by atoms with van der Waals surface area (Å²) in [5.74, 6) is 1.07. The number of aromatic nitrogens is 3. The van der Waals surface area contributed by atoms with E-state index in [1.165, 1.54) is 12.8 Å². The van der Waals surface area contributed by atoms with Gasteiger partial charge in [-0.15, -0.1) is 0 Å². The van der Waals surface area contributed by atoms with E-state index in [4.69, 9.17) is 0 Å². The maximum absolute atomic E-state index is 4.32. The number of hydrogen-bond donors (Lipinski definition) is 1. The summed E-state index contributed by atoms with van der Waals surface area (Å²) in [4.78, 5) is 6.72. The van der Waals surface area contributed by atoms with Crippen molar-refractivity contribution in [2.45, 2.75) is 38.9 Å². The van der Waals surface area contributed by atoms with Crippen LogP contribution in [0.15, 0.2) is 6.33 Å². The molecule has 1 fully saturated rings. The molecule has 0 amide bonds. The van der Waals surface area contributed by atoms with E-state index >= 15 is 0 Å². The van der Waals surface area contributed by atoms with Crippen LogP contribution in [0.5, 0.6) is 0 Å². The Hall–Kier alpha value is -0.940. The van der Waals surface area contributed by atoms with Crippen LogP contribution in [-0.4, -0.2) is 45.8 Å². The molecule has 2 heterocycles. The maximum atomic E-state index is 4.32. The first-order valence-electron chi connectivity index (χ1n) is 6.09. The third kappa shape index (κ3) is 2.59. The SMILES string of the molecule is CCn1ncnc1CN(C)C1CCNCC1. The minimum Gasteiger partial charge on any atom is -0.317 e. The van der Waals surface area contributed by atoms with Crippen molar-refractivity contribution in [3.05, 3.63) is 12.2 Å². The zero-order valence-corrected chi connectivity index (χ0v) is 10.2. The summed E-state index contributed by atoms with van der Waals surface area (Å²) in [5, 5.41) is 7.59. The molecule has 1 N–H and O–H groups in total. The van der Waals surface area contributed by atoms with Gasteiger partial charge in [-0.2, -0.15) is 5.10 Å². The Labute approximate surface area is 96.8 Å². The first-order valence-corrected chi connectivity index (χ1v) is 6.09. The van der Waals surface area contributed by atoms with E-state index in [2.05, 4.69) is 34.3 Å². The van der Waals surface area contributed by atoms with Crippen LogP contribution in [-0.2, 0) is 13.1 Å². The molecule has 1 saturated heterocycles. The predicted molar refractivity (Wildman–Crippen MR) is 63.1 cm³/mol. The fourth-order valence-electron chi connectivity index (χ4n) is 2.27. The Balaban J connectivity index is 1.93. The number of nitrogens with zero attached hydrogens (tertiary/aromatic N) is 4. The molecule has 2 rings (SSSR count). The largest absolute Gasteiger partial charge is 0.317 e. The smallest absolute Gasteiger partial charge is 0.140 e. The van der Waals surface area contributed by atoms with Gasteiger partial charge in [0.1, 0.15) is 12.2 Å². The molecule has 1 aromatic rings. The predicted octanol–water partition coefficient (Wildman–Crippen LogP) is 0.482. The molecule has 0 atom stereocenters. The van der Waals surface area contributed by atoms with E-state index in [1.54, 1.807) is 6.33 Å². The van der Waals surface area contributed by atoms with Crippen molar-refractivity contribution in [2.75, 3.05) is 20.1 Å². The van der Waals surface area contributed by atoms with Crippen molar-refractivity contribution in [3.63, 3.8) is 0 Å². The van der Waals surface area contributed by atoms with Crippen molar-refractivity contribution < 1.29 is 0 Å². The number of aryl methyl sites for hydroxylation is 1. The van der Waals surface area contributed by atoms with Gasteiger partial charge in [-0.1, -0.05) is 0 Å². The number of piperidine rings is 1. The van der Waals surface area contributed by atoms with Gasteiger partial charge in [0.15, 0.2) is 0 Å². The molecule has 5 heteroatoms. The molecule has 0 bridgehead atoms. The highest BCUT2D eigenvalue weighted by atomic mass is 15.3. The lowest BCUT2D eigenvalue weighted by atomic mass is 10.1. The molecule has 0 unspecified atom stereocenters. The topological polar surface area (TPSA) is 46.0 Å². The summed E-state index contributed by atoms with van der Waals surface area (Å²) in [5.41, 5.74) is 0. The van der Waals surface area contributed by atoms with Gasteiger partial charge < -0.3 is 5.32 Å². The third-order valence-electron chi connectivity index (χ3n) is 3.32. The number of nitrogens with one attached hydrogen (secondary N) is 1. The minimum absolute atomic E-state index is 0.684. The van der Waals surface area contributed by atoms with Crippen LogP contribution < -0.4 is 5.32 Å². The van der Waals surface area contributed by atoms with Crippen LogP contribution in [0.25, 0.3) is 0 Å². The molecule has 0 aromatic carbocycles. The molecule has 16 heavy (non-hydrogen) atoms. The molecule has 90 valence electrons. The lowest BCUT2D eigenvalue weighted by molar-refractivity contribution is 0.185. The summed E-state index contributed by atoms with van der Waals surface area (Å²) in [7, 11) is 2.19. The average molecular weight is 223 g/mol. The molecule has 0 saturated carbocycles. The Morgan fingerprint density at radius 2 is 2.25 bits per heavy atom.